The van der Waals surface area contributed by atoms with Crippen molar-refractivity contribution >= 4 is 23.2 Å². The summed E-state index contributed by atoms with van der Waals surface area (Å²) in [5.41, 5.74) is 1.81. The van der Waals surface area contributed by atoms with Crippen LogP contribution in [0.5, 0.6) is 17.2 Å². The SMILES string of the molecule is COc1ccc(C2(C(=O)Nc3ccc(C(=O)Nc4ccc(OC)cc4OC)cc3)CCOCC2)cc1. The van der Waals surface area contributed by atoms with Crippen molar-refractivity contribution in [3.05, 3.63) is 77.9 Å². The number of ether oxygens (including phenoxy) is 4. The van der Waals surface area contributed by atoms with Crippen LogP contribution in [0.3, 0.4) is 0 Å². The van der Waals surface area contributed by atoms with E-state index in [4.69, 9.17) is 18.9 Å². The highest BCUT2D eigenvalue weighted by atomic mass is 16.5. The zero-order chi connectivity index (χ0) is 25.5. The smallest absolute Gasteiger partial charge is 0.255 e. The van der Waals surface area contributed by atoms with Gasteiger partial charge < -0.3 is 29.6 Å². The van der Waals surface area contributed by atoms with Crippen LogP contribution in [-0.4, -0.2) is 46.4 Å². The quantitative estimate of drug-likeness (QED) is 0.477. The monoisotopic (exact) mass is 490 g/mol. The van der Waals surface area contributed by atoms with E-state index in [1.807, 2.05) is 24.3 Å². The number of carbonyl (C=O) groups is 2. The minimum absolute atomic E-state index is 0.101. The second kappa shape index (κ2) is 11.1. The summed E-state index contributed by atoms with van der Waals surface area (Å²) in [6.45, 7) is 1.01. The Morgan fingerprint density at radius 2 is 1.42 bits per heavy atom. The molecule has 0 unspecified atom stereocenters. The van der Waals surface area contributed by atoms with Gasteiger partial charge in [0.15, 0.2) is 0 Å². The third-order valence-corrected chi connectivity index (χ3v) is 6.49. The number of carbonyl (C=O) groups excluding carboxylic acids is 2. The Morgan fingerprint density at radius 1 is 0.778 bits per heavy atom. The first kappa shape index (κ1) is 25.1. The van der Waals surface area contributed by atoms with Crippen molar-refractivity contribution in [2.75, 3.05) is 45.2 Å². The van der Waals surface area contributed by atoms with E-state index in [1.165, 1.54) is 7.11 Å². The van der Waals surface area contributed by atoms with Crippen molar-refractivity contribution in [3.8, 4) is 17.2 Å². The van der Waals surface area contributed by atoms with Crippen molar-refractivity contribution < 1.29 is 28.5 Å². The Hall–Kier alpha value is -4.04. The topological polar surface area (TPSA) is 95.1 Å². The first-order valence-corrected chi connectivity index (χ1v) is 11.7. The van der Waals surface area contributed by atoms with Crippen LogP contribution in [0, 0.1) is 0 Å². The fraction of sp³-hybridized carbons (Fsp3) is 0.286. The molecule has 3 aromatic carbocycles. The van der Waals surface area contributed by atoms with Crippen LogP contribution < -0.4 is 24.8 Å². The van der Waals surface area contributed by atoms with E-state index in [9.17, 15) is 9.59 Å². The summed E-state index contributed by atoms with van der Waals surface area (Å²) in [7, 11) is 4.71. The molecule has 1 aliphatic heterocycles. The van der Waals surface area contributed by atoms with Gasteiger partial charge in [0.05, 0.1) is 32.4 Å². The van der Waals surface area contributed by atoms with Gasteiger partial charge in [0.25, 0.3) is 5.91 Å². The molecule has 0 aliphatic carbocycles. The number of hydrogen-bond donors (Lipinski definition) is 2. The number of nitrogens with one attached hydrogen (secondary N) is 2. The maximum atomic E-state index is 13.5. The molecular weight excluding hydrogens is 460 g/mol. The van der Waals surface area contributed by atoms with Crippen LogP contribution in [0.1, 0.15) is 28.8 Å². The number of anilines is 2. The average Bonchev–Trinajstić information content (AvgIpc) is 2.94. The predicted octanol–water partition coefficient (Wildman–Crippen LogP) is 4.65. The summed E-state index contributed by atoms with van der Waals surface area (Å²) in [5.74, 6) is 1.46. The highest BCUT2D eigenvalue weighted by molar-refractivity contribution is 6.05. The van der Waals surface area contributed by atoms with E-state index in [0.717, 1.165) is 11.3 Å². The highest BCUT2D eigenvalue weighted by Gasteiger charge is 2.41. The van der Waals surface area contributed by atoms with Crippen molar-refractivity contribution in [2.24, 2.45) is 0 Å². The van der Waals surface area contributed by atoms with Crippen molar-refractivity contribution in [3.63, 3.8) is 0 Å². The Balaban J connectivity index is 1.48. The summed E-state index contributed by atoms with van der Waals surface area (Å²) in [6, 6.07) is 19.5. The number of hydrogen-bond acceptors (Lipinski definition) is 6. The predicted molar refractivity (Wildman–Crippen MR) is 137 cm³/mol. The minimum Gasteiger partial charge on any atom is -0.497 e. The van der Waals surface area contributed by atoms with Gasteiger partial charge in [-0.2, -0.15) is 0 Å². The van der Waals surface area contributed by atoms with Crippen molar-refractivity contribution in [2.45, 2.75) is 18.3 Å². The molecule has 1 aliphatic rings. The summed E-state index contributed by atoms with van der Waals surface area (Å²) in [5, 5.41) is 5.88. The zero-order valence-electron chi connectivity index (χ0n) is 20.6. The highest BCUT2D eigenvalue weighted by Crippen LogP contribution is 2.37. The van der Waals surface area contributed by atoms with E-state index >= 15 is 0 Å². The normalized spacial score (nSPS) is 14.4. The number of amides is 2. The van der Waals surface area contributed by atoms with E-state index in [1.54, 1.807) is 56.7 Å². The number of methoxy groups -OCH3 is 3. The molecule has 0 atom stereocenters. The molecule has 0 spiro atoms. The third-order valence-electron chi connectivity index (χ3n) is 6.49. The fourth-order valence-electron chi connectivity index (χ4n) is 4.33. The van der Waals surface area contributed by atoms with E-state index in [2.05, 4.69) is 10.6 Å². The lowest BCUT2D eigenvalue weighted by Crippen LogP contribution is -2.44. The molecule has 0 saturated carbocycles. The van der Waals surface area contributed by atoms with Gasteiger partial charge in [0, 0.05) is 30.5 Å². The van der Waals surface area contributed by atoms with Crippen molar-refractivity contribution in [1.29, 1.82) is 0 Å². The van der Waals surface area contributed by atoms with Gasteiger partial charge in [-0.1, -0.05) is 12.1 Å². The molecule has 0 bridgehead atoms. The summed E-state index contributed by atoms with van der Waals surface area (Å²) >= 11 is 0. The molecule has 1 heterocycles. The van der Waals surface area contributed by atoms with Gasteiger partial charge in [-0.25, -0.2) is 0 Å². The van der Waals surface area contributed by atoms with E-state index in [0.29, 0.717) is 54.5 Å². The molecule has 4 rings (SSSR count). The molecule has 2 N–H and O–H groups in total. The third kappa shape index (κ3) is 5.28. The molecule has 0 radical (unpaired) electrons. The molecular formula is C28H30N2O6. The number of rotatable bonds is 8. The second-order valence-electron chi connectivity index (χ2n) is 8.47. The second-order valence-corrected chi connectivity index (χ2v) is 8.47. The van der Waals surface area contributed by atoms with Gasteiger partial charge >= 0.3 is 0 Å². The molecule has 36 heavy (non-hydrogen) atoms. The first-order valence-electron chi connectivity index (χ1n) is 11.7. The van der Waals surface area contributed by atoms with Gasteiger partial charge in [-0.15, -0.1) is 0 Å². The van der Waals surface area contributed by atoms with Gasteiger partial charge in [0.2, 0.25) is 5.91 Å². The maximum absolute atomic E-state index is 13.5. The largest absolute Gasteiger partial charge is 0.497 e. The molecule has 8 heteroatoms. The van der Waals surface area contributed by atoms with E-state index in [-0.39, 0.29) is 11.8 Å². The van der Waals surface area contributed by atoms with Crippen LogP contribution in [0.2, 0.25) is 0 Å². The fourth-order valence-corrected chi connectivity index (χ4v) is 4.33. The molecule has 1 saturated heterocycles. The zero-order valence-corrected chi connectivity index (χ0v) is 20.6. The lowest BCUT2D eigenvalue weighted by atomic mass is 9.73. The first-order chi connectivity index (χ1) is 17.5. The molecule has 1 fully saturated rings. The van der Waals surface area contributed by atoms with Crippen LogP contribution in [0.15, 0.2) is 66.7 Å². The standard InChI is InChI=1S/C28H30N2O6/c1-33-22-10-6-20(7-11-22)28(14-16-36-17-15-28)27(32)29-21-8-4-19(5-9-21)26(31)30-24-13-12-23(34-2)18-25(24)35-3/h4-13,18H,14-17H2,1-3H3,(H,29,32)(H,30,31). The lowest BCUT2D eigenvalue weighted by Gasteiger charge is -2.36. The van der Waals surface area contributed by atoms with Crippen LogP contribution in [-0.2, 0) is 14.9 Å². The lowest BCUT2D eigenvalue weighted by molar-refractivity contribution is -0.125. The molecule has 3 aromatic rings. The van der Waals surface area contributed by atoms with Crippen LogP contribution >= 0.6 is 0 Å². The molecule has 2 amide bonds. The summed E-state index contributed by atoms with van der Waals surface area (Å²) in [4.78, 5) is 26.3. The molecule has 188 valence electrons. The van der Waals surface area contributed by atoms with Gasteiger partial charge in [0.1, 0.15) is 17.2 Å². The molecule has 0 aromatic heterocycles. The van der Waals surface area contributed by atoms with Gasteiger partial charge in [-0.3, -0.25) is 9.59 Å². The number of benzene rings is 3. The Kier molecular flexibility index (Phi) is 7.75. The minimum atomic E-state index is -0.703. The summed E-state index contributed by atoms with van der Waals surface area (Å²) in [6.07, 6.45) is 1.16. The van der Waals surface area contributed by atoms with Crippen LogP contribution in [0.4, 0.5) is 11.4 Å². The average molecular weight is 491 g/mol. The Bertz CT molecular complexity index is 1200. The Morgan fingerprint density at radius 3 is 2.03 bits per heavy atom. The van der Waals surface area contributed by atoms with Gasteiger partial charge in [-0.05, 0) is 66.9 Å². The summed E-state index contributed by atoms with van der Waals surface area (Å²) < 4.78 is 21.4. The van der Waals surface area contributed by atoms with Crippen molar-refractivity contribution in [1.82, 2.24) is 0 Å². The maximum Gasteiger partial charge on any atom is 0.255 e. The van der Waals surface area contributed by atoms with E-state index < -0.39 is 5.41 Å². The van der Waals surface area contributed by atoms with Crippen LogP contribution in [0.25, 0.3) is 0 Å². The molecule has 8 nitrogen and oxygen atoms in total. The Labute approximate surface area is 210 Å².